The zero-order valence-electron chi connectivity index (χ0n) is 14.8. The maximum absolute atomic E-state index is 15.0. The molecule has 0 bridgehead atoms. The van der Waals surface area contributed by atoms with Crippen LogP contribution < -0.4 is 17.0 Å². The number of hydrogen-bond acceptors (Lipinski definition) is 5. The van der Waals surface area contributed by atoms with Gasteiger partial charge in [-0.3, -0.25) is 19.2 Å². The zero-order valence-corrected chi connectivity index (χ0v) is 14.8. The number of H-pyrrole nitrogens is 1. The molecule has 7 nitrogen and oxygen atoms in total. The summed E-state index contributed by atoms with van der Waals surface area (Å²) >= 11 is 0. The lowest BCUT2D eigenvalue weighted by atomic mass is 9.87. The third-order valence-electron chi connectivity index (χ3n) is 6.07. The highest BCUT2D eigenvalue weighted by atomic mass is 19.1. The number of likely N-dealkylation sites (tertiary alicyclic amines) is 1. The molecule has 4 rings (SSSR count). The van der Waals surface area contributed by atoms with Crippen LogP contribution in [0, 0.1) is 5.92 Å². The van der Waals surface area contributed by atoms with E-state index in [1.165, 1.54) is 6.08 Å². The van der Waals surface area contributed by atoms with Crippen molar-refractivity contribution in [2.45, 2.75) is 50.2 Å². The van der Waals surface area contributed by atoms with Gasteiger partial charge in [-0.15, -0.1) is 0 Å². The molecule has 1 aromatic heterocycles. The third-order valence-corrected chi connectivity index (χ3v) is 6.07. The van der Waals surface area contributed by atoms with Crippen molar-refractivity contribution >= 4 is 6.08 Å². The lowest BCUT2D eigenvalue weighted by Gasteiger charge is -2.36. The van der Waals surface area contributed by atoms with Crippen molar-refractivity contribution in [3.8, 4) is 0 Å². The van der Waals surface area contributed by atoms with E-state index in [1.54, 1.807) is 4.57 Å². The van der Waals surface area contributed by atoms with Crippen LogP contribution in [0.25, 0.3) is 6.08 Å². The first-order chi connectivity index (χ1) is 12.4. The van der Waals surface area contributed by atoms with Crippen LogP contribution in [0.4, 0.5) is 4.39 Å². The summed E-state index contributed by atoms with van der Waals surface area (Å²) in [7, 11) is 0. The lowest BCUT2D eigenvalue weighted by molar-refractivity contribution is 0.188. The van der Waals surface area contributed by atoms with E-state index < -0.39 is 17.3 Å². The second-order valence-electron chi connectivity index (χ2n) is 7.81. The van der Waals surface area contributed by atoms with Crippen LogP contribution in [-0.4, -0.2) is 51.3 Å². The van der Waals surface area contributed by atoms with Crippen LogP contribution in [0.5, 0.6) is 0 Å². The fourth-order valence-electron chi connectivity index (χ4n) is 4.55. The number of aromatic nitrogens is 2. The Morgan fingerprint density at radius 2 is 2.12 bits per heavy atom. The van der Waals surface area contributed by atoms with Crippen molar-refractivity contribution in [1.82, 2.24) is 14.5 Å². The molecule has 2 heterocycles. The minimum absolute atomic E-state index is 0.0868. The largest absolute Gasteiger partial charge is 0.395 e. The fraction of sp³-hybridized carbons (Fsp3) is 0.667. The molecule has 26 heavy (non-hydrogen) atoms. The number of nitrogens with zero attached hydrogens (tertiary/aromatic N) is 2. The van der Waals surface area contributed by atoms with Gasteiger partial charge in [-0.05, 0) is 37.8 Å². The molecule has 1 aliphatic heterocycles. The van der Waals surface area contributed by atoms with Crippen LogP contribution in [0.3, 0.4) is 0 Å². The first-order valence-electron chi connectivity index (χ1n) is 9.28. The number of aliphatic hydroxyl groups excluding tert-OH is 1. The van der Waals surface area contributed by atoms with Crippen LogP contribution in [0.2, 0.25) is 0 Å². The highest BCUT2D eigenvalue weighted by Gasteiger charge is 2.42. The molecule has 3 aliphatic rings. The Morgan fingerprint density at radius 1 is 1.38 bits per heavy atom. The van der Waals surface area contributed by atoms with E-state index in [9.17, 15) is 19.1 Å². The monoisotopic (exact) mass is 364 g/mol. The summed E-state index contributed by atoms with van der Waals surface area (Å²) in [5.41, 5.74) is 5.93. The fourth-order valence-corrected chi connectivity index (χ4v) is 4.55. The summed E-state index contributed by atoms with van der Waals surface area (Å²) in [5, 5.41) is 9.29. The molecule has 4 N–H and O–H groups in total. The van der Waals surface area contributed by atoms with Crippen molar-refractivity contribution in [1.29, 1.82) is 0 Å². The Labute approximate surface area is 150 Å². The van der Waals surface area contributed by atoms with E-state index in [4.69, 9.17) is 5.73 Å². The molecule has 142 valence electrons. The van der Waals surface area contributed by atoms with E-state index in [2.05, 4.69) is 4.98 Å². The molecule has 1 aromatic rings. The van der Waals surface area contributed by atoms with Crippen LogP contribution >= 0.6 is 0 Å². The number of halogens is 1. The number of aromatic amines is 1. The van der Waals surface area contributed by atoms with Gasteiger partial charge in [0.25, 0.3) is 5.56 Å². The standard InChI is InChI=1S/C18H25FN4O3/c1-9-15-12(17(25)21-18(26)23(15)11-2-3-11)6-13(19)16(9)22-5-4-10(7-22)14(20)8-24/h6,9-11,14,16,24H,2-5,7-8,20H2,1H3,(H,21,25,26). The summed E-state index contributed by atoms with van der Waals surface area (Å²) < 4.78 is 16.6. The van der Waals surface area contributed by atoms with Gasteiger partial charge in [-0.25, -0.2) is 9.18 Å². The average Bonchev–Trinajstić information content (AvgIpc) is 3.32. The molecule has 2 aliphatic carbocycles. The summed E-state index contributed by atoms with van der Waals surface area (Å²) in [4.78, 5) is 29.0. The number of nitrogens with two attached hydrogens (primary N) is 1. The van der Waals surface area contributed by atoms with Crippen LogP contribution in [0.1, 0.15) is 49.4 Å². The number of fused-ring (bicyclic) bond motifs is 1. The first-order valence-corrected chi connectivity index (χ1v) is 9.28. The van der Waals surface area contributed by atoms with Gasteiger partial charge in [0, 0.05) is 30.2 Å². The quantitative estimate of drug-likeness (QED) is 0.713. The van der Waals surface area contributed by atoms with Gasteiger partial charge < -0.3 is 10.8 Å². The summed E-state index contributed by atoms with van der Waals surface area (Å²) in [6, 6.07) is -0.727. The SMILES string of the molecule is CC1c2c(c(=O)[nH]c(=O)n2C2CC2)C=C(F)C1N1CCC(C(N)CO)C1. The van der Waals surface area contributed by atoms with Crippen molar-refractivity contribution in [2.75, 3.05) is 19.7 Å². The molecule has 1 saturated heterocycles. The van der Waals surface area contributed by atoms with E-state index in [-0.39, 0.29) is 41.9 Å². The molecular weight excluding hydrogens is 339 g/mol. The predicted molar refractivity (Wildman–Crippen MR) is 95.6 cm³/mol. The van der Waals surface area contributed by atoms with E-state index in [1.807, 2.05) is 11.8 Å². The molecule has 4 unspecified atom stereocenters. The Morgan fingerprint density at radius 3 is 2.77 bits per heavy atom. The second-order valence-corrected chi connectivity index (χ2v) is 7.81. The Bertz CT molecular complexity index is 857. The normalized spacial score (nSPS) is 30.2. The predicted octanol–water partition coefficient (Wildman–Crippen LogP) is 0.309. The smallest absolute Gasteiger partial charge is 0.328 e. The van der Waals surface area contributed by atoms with Gasteiger partial charge in [0.2, 0.25) is 0 Å². The lowest BCUT2D eigenvalue weighted by Crippen LogP contribution is -2.45. The second kappa shape index (κ2) is 6.44. The van der Waals surface area contributed by atoms with Gasteiger partial charge in [-0.1, -0.05) is 6.92 Å². The molecule has 1 saturated carbocycles. The van der Waals surface area contributed by atoms with Crippen LogP contribution in [-0.2, 0) is 0 Å². The summed E-state index contributed by atoms with van der Waals surface area (Å²) in [5.74, 6) is -0.546. The van der Waals surface area contributed by atoms with E-state index in [0.717, 1.165) is 19.3 Å². The molecule has 0 radical (unpaired) electrons. The van der Waals surface area contributed by atoms with Gasteiger partial charge in [-0.2, -0.15) is 0 Å². The average molecular weight is 364 g/mol. The molecule has 0 spiro atoms. The molecule has 0 aromatic carbocycles. The van der Waals surface area contributed by atoms with Crippen molar-refractivity contribution in [3.63, 3.8) is 0 Å². The first kappa shape index (κ1) is 17.6. The molecule has 0 amide bonds. The Balaban J connectivity index is 1.73. The number of aliphatic hydroxyl groups is 1. The maximum Gasteiger partial charge on any atom is 0.328 e. The van der Waals surface area contributed by atoms with Crippen LogP contribution in [0.15, 0.2) is 15.4 Å². The minimum atomic E-state index is -0.524. The molecule has 2 fully saturated rings. The van der Waals surface area contributed by atoms with Gasteiger partial charge in [0.15, 0.2) is 0 Å². The van der Waals surface area contributed by atoms with E-state index >= 15 is 0 Å². The van der Waals surface area contributed by atoms with E-state index in [0.29, 0.717) is 18.8 Å². The topological polar surface area (TPSA) is 104 Å². The molecule has 8 heteroatoms. The number of nitrogens with one attached hydrogen (secondary N) is 1. The Hall–Kier alpha value is -1.77. The zero-order chi connectivity index (χ0) is 18.6. The highest BCUT2D eigenvalue weighted by Crippen LogP contribution is 2.42. The maximum atomic E-state index is 15.0. The number of rotatable bonds is 4. The third kappa shape index (κ3) is 2.76. The minimum Gasteiger partial charge on any atom is -0.395 e. The number of hydrogen-bond donors (Lipinski definition) is 3. The van der Waals surface area contributed by atoms with Gasteiger partial charge in [0.05, 0.1) is 18.2 Å². The highest BCUT2D eigenvalue weighted by molar-refractivity contribution is 5.59. The Kier molecular flexibility index (Phi) is 4.37. The van der Waals surface area contributed by atoms with Crippen molar-refractivity contribution in [2.24, 2.45) is 11.7 Å². The van der Waals surface area contributed by atoms with Gasteiger partial charge in [0.1, 0.15) is 5.83 Å². The molecule has 4 atom stereocenters. The summed E-state index contributed by atoms with van der Waals surface area (Å²) in [6.45, 7) is 3.08. The van der Waals surface area contributed by atoms with Gasteiger partial charge >= 0.3 is 5.69 Å². The van der Waals surface area contributed by atoms with Crippen molar-refractivity contribution in [3.05, 3.63) is 37.9 Å². The van der Waals surface area contributed by atoms with Crippen molar-refractivity contribution < 1.29 is 9.50 Å². The summed E-state index contributed by atoms with van der Waals surface area (Å²) in [6.07, 6.45) is 3.89. The molecular formula is C18H25FN4O3.